The number of hydrogen-bond acceptors (Lipinski definition) is 6. The molecule has 0 saturated carbocycles. The van der Waals surface area contributed by atoms with Gasteiger partial charge < -0.3 is 15.3 Å². The summed E-state index contributed by atoms with van der Waals surface area (Å²) in [7, 11) is 0. The Morgan fingerprint density at radius 2 is 1.55 bits per heavy atom. The second kappa shape index (κ2) is 14.4. The number of nitrogens with zero attached hydrogens (tertiary/aromatic N) is 3. The topological polar surface area (TPSA) is 111 Å². The summed E-state index contributed by atoms with van der Waals surface area (Å²) in [5, 5.41) is 6.12. The van der Waals surface area contributed by atoms with Crippen molar-refractivity contribution in [3.63, 3.8) is 0 Å². The number of H-pyrrole nitrogens is 2. The summed E-state index contributed by atoms with van der Waals surface area (Å²) in [6.45, 7) is 1.74. The number of amides is 1. The van der Waals surface area contributed by atoms with Crippen LogP contribution in [0, 0.1) is 0 Å². The molecule has 0 aliphatic rings. The van der Waals surface area contributed by atoms with Gasteiger partial charge in [0.25, 0.3) is 5.91 Å². The fourth-order valence-corrected chi connectivity index (χ4v) is 4.16. The molecule has 2 aromatic heterocycles. The van der Waals surface area contributed by atoms with Crippen LogP contribution in [0.4, 0.5) is 13.2 Å². The molecule has 1 unspecified atom stereocenters. The van der Waals surface area contributed by atoms with Crippen LogP contribution in [0.15, 0.2) is 79.4 Å². The van der Waals surface area contributed by atoms with Gasteiger partial charge in [-0.25, -0.2) is 9.97 Å². The molecule has 0 bridgehead atoms. The number of nitrogens with one attached hydrogen (secondary N) is 4. The first-order valence-corrected chi connectivity index (χ1v) is 12.9. The van der Waals surface area contributed by atoms with E-state index in [1.165, 1.54) is 0 Å². The summed E-state index contributed by atoms with van der Waals surface area (Å²) < 4.78 is 41.0. The van der Waals surface area contributed by atoms with Gasteiger partial charge in [0.05, 0.1) is 25.9 Å². The van der Waals surface area contributed by atoms with Crippen LogP contribution in [-0.2, 0) is 30.9 Å². The highest BCUT2D eigenvalue weighted by Crippen LogP contribution is 2.17. The number of alkyl halides is 3. The van der Waals surface area contributed by atoms with E-state index in [0.29, 0.717) is 31.7 Å². The second-order valence-corrected chi connectivity index (χ2v) is 9.24. The Bertz CT molecular complexity index is 1230. The van der Waals surface area contributed by atoms with Crippen molar-refractivity contribution in [1.29, 1.82) is 0 Å². The monoisotopic (exact) mass is 555 g/mol. The summed E-state index contributed by atoms with van der Waals surface area (Å²) in [6, 6.07) is 16.8. The highest BCUT2D eigenvalue weighted by Gasteiger charge is 2.28. The molecule has 4 rings (SSSR count). The number of ether oxygens (including phenoxy) is 1. The zero-order valence-corrected chi connectivity index (χ0v) is 21.8. The molecule has 0 aliphatic heterocycles. The Hall–Kier alpha value is -4.00. The number of halogens is 3. The number of benzene rings is 2. The fraction of sp³-hybridized carbons (Fsp3) is 0.321. The maximum atomic E-state index is 13.0. The standard InChI is InChI=1S/C28H32F3N7O2/c29-28(30,31)40-16-4-7-24(36-17-21-5-2-1-3-6-21)37-27(39)23-10-8-22(9-11-23)18-38(19-25-32-12-13-33-25)20-26-34-14-15-35-26/h1-3,5-6,8-15,24,36H,4,7,16-20H2,(H,32,33)(H,34,35)(H,37,39). The Morgan fingerprint density at radius 1 is 0.900 bits per heavy atom. The molecule has 0 aliphatic carbocycles. The molecule has 12 heteroatoms. The molecule has 4 N–H and O–H groups in total. The normalized spacial score (nSPS) is 12.5. The smallest absolute Gasteiger partial charge is 0.348 e. The van der Waals surface area contributed by atoms with E-state index in [4.69, 9.17) is 0 Å². The van der Waals surface area contributed by atoms with Gasteiger partial charge in [-0.1, -0.05) is 42.5 Å². The average Bonchev–Trinajstić information content (AvgIpc) is 3.64. The van der Waals surface area contributed by atoms with Gasteiger partial charge in [0.1, 0.15) is 11.6 Å². The number of hydrogen-bond donors (Lipinski definition) is 4. The molecule has 0 radical (unpaired) electrons. The molecular formula is C28H32F3N7O2. The predicted octanol–water partition coefficient (Wildman–Crippen LogP) is 4.50. The summed E-state index contributed by atoms with van der Waals surface area (Å²) in [4.78, 5) is 30.0. The summed E-state index contributed by atoms with van der Waals surface area (Å²) in [5.41, 5.74) is 2.44. The molecular weight excluding hydrogens is 523 g/mol. The third-order valence-electron chi connectivity index (χ3n) is 6.08. The predicted molar refractivity (Wildman–Crippen MR) is 142 cm³/mol. The summed E-state index contributed by atoms with van der Waals surface area (Å²) in [6.07, 6.45) is 2.13. The van der Waals surface area contributed by atoms with Crippen molar-refractivity contribution in [2.45, 2.75) is 51.5 Å². The van der Waals surface area contributed by atoms with Gasteiger partial charge in [-0.2, -0.15) is 0 Å². The van der Waals surface area contributed by atoms with Gasteiger partial charge in [-0.15, -0.1) is 13.2 Å². The molecule has 40 heavy (non-hydrogen) atoms. The number of carbonyl (C=O) groups excluding carboxylic acids is 1. The third kappa shape index (κ3) is 9.95. The maximum absolute atomic E-state index is 13.0. The number of carbonyl (C=O) groups is 1. The maximum Gasteiger partial charge on any atom is 0.522 e. The lowest BCUT2D eigenvalue weighted by Gasteiger charge is -2.22. The van der Waals surface area contributed by atoms with E-state index in [9.17, 15) is 18.0 Å². The van der Waals surface area contributed by atoms with E-state index in [2.05, 4.69) is 40.2 Å². The van der Waals surface area contributed by atoms with E-state index in [-0.39, 0.29) is 18.7 Å². The van der Waals surface area contributed by atoms with Gasteiger partial charge in [0.15, 0.2) is 0 Å². The molecule has 2 aromatic carbocycles. The highest BCUT2D eigenvalue weighted by molar-refractivity contribution is 5.94. The Balaban J connectivity index is 1.35. The minimum atomic E-state index is -4.68. The SMILES string of the molecule is O=C(NC(CCCOC(F)(F)F)NCc1ccccc1)c1ccc(CN(Cc2ncc[nH]2)Cc2ncc[nH]2)cc1. The fourth-order valence-electron chi connectivity index (χ4n) is 4.16. The number of rotatable bonds is 15. The largest absolute Gasteiger partial charge is 0.522 e. The summed E-state index contributed by atoms with van der Waals surface area (Å²) in [5.74, 6) is 1.34. The van der Waals surface area contributed by atoms with Crippen LogP contribution in [0.1, 0.15) is 46.0 Å². The van der Waals surface area contributed by atoms with Crippen LogP contribution in [0.2, 0.25) is 0 Å². The first kappa shape index (κ1) is 29.0. The van der Waals surface area contributed by atoms with Crippen LogP contribution in [0.5, 0.6) is 0 Å². The molecule has 9 nitrogen and oxygen atoms in total. The van der Waals surface area contributed by atoms with Crippen LogP contribution in [0.3, 0.4) is 0 Å². The zero-order valence-electron chi connectivity index (χ0n) is 21.8. The van der Waals surface area contributed by atoms with Crippen LogP contribution >= 0.6 is 0 Å². The van der Waals surface area contributed by atoms with Crippen LogP contribution in [0.25, 0.3) is 0 Å². The second-order valence-electron chi connectivity index (χ2n) is 9.24. The first-order chi connectivity index (χ1) is 19.3. The lowest BCUT2D eigenvalue weighted by Crippen LogP contribution is -2.45. The van der Waals surface area contributed by atoms with Crippen molar-refractivity contribution >= 4 is 5.91 Å². The molecule has 212 valence electrons. The molecule has 4 aromatic rings. The van der Waals surface area contributed by atoms with Crippen LogP contribution in [-0.4, -0.2) is 49.9 Å². The minimum Gasteiger partial charge on any atom is -0.348 e. The van der Waals surface area contributed by atoms with Crippen LogP contribution < -0.4 is 10.6 Å². The van der Waals surface area contributed by atoms with Crippen molar-refractivity contribution in [3.8, 4) is 0 Å². The van der Waals surface area contributed by atoms with Crippen molar-refractivity contribution in [2.75, 3.05) is 6.61 Å². The molecule has 1 atom stereocenters. The quantitative estimate of drug-likeness (QED) is 0.127. The van der Waals surface area contributed by atoms with Crippen molar-refractivity contribution in [3.05, 3.63) is 108 Å². The average molecular weight is 556 g/mol. The molecule has 0 saturated heterocycles. The van der Waals surface area contributed by atoms with E-state index >= 15 is 0 Å². The Morgan fingerprint density at radius 3 is 2.12 bits per heavy atom. The molecule has 1 amide bonds. The lowest BCUT2D eigenvalue weighted by molar-refractivity contribution is -0.324. The van der Waals surface area contributed by atoms with E-state index < -0.39 is 19.1 Å². The molecule has 0 spiro atoms. The van der Waals surface area contributed by atoms with Gasteiger partial charge in [0, 0.05) is 43.4 Å². The van der Waals surface area contributed by atoms with E-state index in [0.717, 1.165) is 22.8 Å². The Labute approximate surface area is 230 Å². The number of aromatic amines is 2. The van der Waals surface area contributed by atoms with Gasteiger partial charge in [-0.05, 0) is 36.1 Å². The van der Waals surface area contributed by atoms with Crippen molar-refractivity contribution < 1.29 is 22.7 Å². The number of aromatic nitrogens is 4. The van der Waals surface area contributed by atoms with Gasteiger partial charge in [0.2, 0.25) is 0 Å². The van der Waals surface area contributed by atoms with Gasteiger partial charge >= 0.3 is 6.36 Å². The Kier molecular flexibility index (Phi) is 10.4. The van der Waals surface area contributed by atoms with E-state index in [1.54, 1.807) is 36.9 Å². The number of imidazole rings is 2. The zero-order chi connectivity index (χ0) is 28.2. The minimum absolute atomic E-state index is 0.117. The highest BCUT2D eigenvalue weighted by atomic mass is 19.4. The van der Waals surface area contributed by atoms with Gasteiger partial charge in [-0.3, -0.25) is 19.7 Å². The van der Waals surface area contributed by atoms with Crippen molar-refractivity contribution in [2.24, 2.45) is 0 Å². The molecule has 2 heterocycles. The van der Waals surface area contributed by atoms with Crippen molar-refractivity contribution in [1.82, 2.24) is 35.5 Å². The summed E-state index contributed by atoms with van der Waals surface area (Å²) >= 11 is 0. The molecule has 0 fully saturated rings. The van der Waals surface area contributed by atoms with E-state index in [1.807, 2.05) is 42.5 Å². The third-order valence-corrected chi connectivity index (χ3v) is 6.08. The first-order valence-electron chi connectivity index (χ1n) is 12.9. The lowest BCUT2D eigenvalue weighted by atomic mass is 10.1.